The van der Waals surface area contributed by atoms with Crippen LogP contribution in [0.1, 0.15) is 43.1 Å². The van der Waals surface area contributed by atoms with Crippen LogP contribution < -0.4 is 5.56 Å². The molecule has 0 bridgehead atoms. The van der Waals surface area contributed by atoms with Crippen LogP contribution in [0.15, 0.2) is 16.9 Å². The molecule has 0 spiro atoms. The molecule has 0 aromatic carbocycles. The molecule has 1 aromatic rings. The van der Waals surface area contributed by atoms with Crippen LogP contribution in [-0.4, -0.2) is 44.2 Å². The summed E-state index contributed by atoms with van der Waals surface area (Å²) < 4.78 is 0. The molecule has 7 nitrogen and oxygen atoms in total. The van der Waals surface area contributed by atoms with Crippen molar-refractivity contribution in [1.82, 2.24) is 15.1 Å². The first-order valence-corrected chi connectivity index (χ1v) is 6.62. The summed E-state index contributed by atoms with van der Waals surface area (Å²) in [6.07, 6.45) is 2.19. The molecule has 1 fully saturated rings. The van der Waals surface area contributed by atoms with Crippen LogP contribution in [0.4, 0.5) is 0 Å². The number of nitrogens with zero attached hydrogens (tertiary/aromatic N) is 2. The van der Waals surface area contributed by atoms with Crippen molar-refractivity contribution >= 4 is 11.9 Å². The van der Waals surface area contributed by atoms with Crippen LogP contribution >= 0.6 is 0 Å². The second-order valence-corrected chi connectivity index (χ2v) is 4.95. The van der Waals surface area contributed by atoms with E-state index in [0.29, 0.717) is 32.2 Å². The SMILES string of the molecule is CCCC1(C(=O)O)CCCN1C(=O)c1ccc(=O)[nH]n1. The Bertz CT molecular complexity index is 563. The predicted molar refractivity (Wildman–Crippen MR) is 70.4 cm³/mol. The largest absolute Gasteiger partial charge is 0.479 e. The van der Waals surface area contributed by atoms with E-state index in [2.05, 4.69) is 10.2 Å². The lowest BCUT2D eigenvalue weighted by atomic mass is 9.90. The van der Waals surface area contributed by atoms with Crippen LogP contribution in [0.5, 0.6) is 0 Å². The van der Waals surface area contributed by atoms with E-state index in [9.17, 15) is 19.5 Å². The van der Waals surface area contributed by atoms with E-state index in [1.807, 2.05) is 6.92 Å². The van der Waals surface area contributed by atoms with Gasteiger partial charge in [-0.1, -0.05) is 13.3 Å². The van der Waals surface area contributed by atoms with Gasteiger partial charge in [0.2, 0.25) is 0 Å². The van der Waals surface area contributed by atoms with Gasteiger partial charge in [-0.25, -0.2) is 9.89 Å². The van der Waals surface area contributed by atoms with E-state index in [4.69, 9.17) is 0 Å². The molecule has 1 amide bonds. The van der Waals surface area contributed by atoms with Gasteiger partial charge in [0, 0.05) is 12.6 Å². The monoisotopic (exact) mass is 279 g/mol. The molecular weight excluding hydrogens is 262 g/mol. The normalized spacial score (nSPS) is 21.9. The third-order valence-electron chi connectivity index (χ3n) is 3.69. The standard InChI is InChI=1S/C13H17N3O4/c1-2-6-13(12(19)20)7-3-8-16(13)11(18)9-4-5-10(17)15-14-9/h4-5H,2-3,6-8H2,1H3,(H,15,17)(H,19,20). The summed E-state index contributed by atoms with van der Waals surface area (Å²) >= 11 is 0. The number of rotatable bonds is 4. The summed E-state index contributed by atoms with van der Waals surface area (Å²) in [6.45, 7) is 2.29. The molecule has 1 aliphatic heterocycles. The van der Waals surface area contributed by atoms with Gasteiger partial charge < -0.3 is 10.0 Å². The van der Waals surface area contributed by atoms with E-state index in [0.717, 1.165) is 0 Å². The average Bonchev–Trinajstić information content (AvgIpc) is 2.84. The smallest absolute Gasteiger partial charge is 0.329 e. The van der Waals surface area contributed by atoms with Crippen LogP contribution in [0.25, 0.3) is 0 Å². The highest BCUT2D eigenvalue weighted by molar-refractivity contribution is 5.96. The number of aromatic amines is 1. The van der Waals surface area contributed by atoms with E-state index < -0.39 is 23.0 Å². The number of carboxylic acid groups (broad SMARTS) is 1. The molecule has 2 rings (SSSR count). The maximum absolute atomic E-state index is 12.4. The van der Waals surface area contributed by atoms with Gasteiger partial charge in [-0.3, -0.25) is 9.59 Å². The third kappa shape index (κ3) is 2.31. The second kappa shape index (κ2) is 5.44. The third-order valence-corrected chi connectivity index (χ3v) is 3.69. The molecule has 1 aromatic heterocycles. The lowest BCUT2D eigenvalue weighted by molar-refractivity contribution is -0.148. The second-order valence-electron chi connectivity index (χ2n) is 4.95. The van der Waals surface area contributed by atoms with Gasteiger partial charge in [0.1, 0.15) is 11.2 Å². The van der Waals surface area contributed by atoms with Gasteiger partial charge >= 0.3 is 5.97 Å². The van der Waals surface area contributed by atoms with Crippen LogP contribution in [0.3, 0.4) is 0 Å². The molecule has 108 valence electrons. The molecule has 0 radical (unpaired) electrons. The minimum Gasteiger partial charge on any atom is -0.479 e. The number of hydrogen-bond donors (Lipinski definition) is 2. The lowest BCUT2D eigenvalue weighted by Crippen LogP contribution is -2.53. The number of amides is 1. The molecule has 1 unspecified atom stereocenters. The highest BCUT2D eigenvalue weighted by Gasteiger charge is 2.49. The Balaban J connectivity index is 2.34. The predicted octanol–water partition coefficient (Wildman–Crippen LogP) is 0.629. The highest BCUT2D eigenvalue weighted by atomic mass is 16.4. The molecule has 20 heavy (non-hydrogen) atoms. The molecule has 7 heteroatoms. The summed E-state index contributed by atoms with van der Waals surface area (Å²) in [5.74, 6) is -1.43. The van der Waals surface area contributed by atoms with Crippen molar-refractivity contribution < 1.29 is 14.7 Å². The minimum absolute atomic E-state index is 0.0632. The molecule has 0 saturated carbocycles. The molecule has 1 atom stereocenters. The van der Waals surface area contributed by atoms with Crippen molar-refractivity contribution in [2.24, 2.45) is 0 Å². The van der Waals surface area contributed by atoms with Crippen LogP contribution in [-0.2, 0) is 4.79 Å². The van der Waals surface area contributed by atoms with Crippen molar-refractivity contribution in [3.63, 3.8) is 0 Å². The molecule has 1 aliphatic rings. The topological polar surface area (TPSA) is 103 Å². The van der Waals surface area contributed by atoms with Crippen molar-refractivity contribution in [2.75, 3.05) is 6.54 Å². The van der Waals surface area contributed by atoms with E-state index in [-0.39, 0.29) is 5.69 Å². The highest BCUT2D eigenvalue weighted by Crippen LogP contribution is 2.34. The number of nitrogens with one attached hydrogen (secondary N) is 1. The number of likely N-dealkylation sites (tertiary alicyclic amines) is 1. The van der Waals surface area contributed by atoms with Crippen molar-refractivity contribution in [3.05, 3.63) is 28.2 Å². The minimum atomic E-state index is -1.15. The Labute approximate surface area is 115 Å². The van der Waals surface area contributed by atoms with Gasteiger partial charge in [0.15, 0.2) is 0 Å². The van der Waals surface area contributed by atoms with Gasteiger partial charge in [0.25, 0.3) is 11.5 Å². The fraction of sp³-hybridized carbons (Fsp3) is 0.538. The fourth-order valence-corrected chi connectivity index (χ4v) is 2.78. The summed E-state index contributed by atoms with van der Waals surface area (Å²) in [4.78, 5) is 36.4. The number of hydrogen-bond acceptors (Lipinski definition) is 4. The van der Waals surface area contributed by atoms with E-state index in [1.165, 1.54) is 17.0 Å². The number of aliphatic carboxylic acids is 1. The van der Waals surface area contributed by atoms with Gasteiger partial charge in [-0.05, 0) is 25.3 Å². The summed E-state index contributed by atoms with van der Waals surface area (Å²) in [6, 6.07) is 2.52. The first-order chi connectivity index (χ1) is 9.51. The van der Waals surface area contributed by atoms with Gasteiger partial charge in [-0.2, -0.15) is 5.10 Å². The summed E-state index contributed by atoms with van der Waals surface area (Å²) in [5, 5.41) is 15.4. The Morgan fingerprint density at radius 3 is 2.80 bits per heavy atom. The van der Waals surface area contributed by atoms with Crippen molar-refractivity contribution in [1.29, 1.82) is 0 Å². The Morgan fingerprint density at radius 1 is 1.50 bits per heavy atom. The summed E-state index contributed by atoms with van der Waals surface area (Å²) in [7, 11) is 0. The first-order valence-electron chi connectivity index (χ1n) is 6.62. The first kappa shape index (κ1) is 14.2. The van der Waals surface area contributed by atoms with Crippen LogP contribution in [0, 0.1) is 0 Å². The molecular formula is C13H17N3O4. The van der Waals surface area contributed by atoms with E-state index >= 15 is 0 Å². The van der Waals surface area contributed by atoms with Crippen molar-refractivity contribution in [3.8, 4) is 0 Å². The molecule has 1 saturated heterocycles. The number of carbonyl (C=O) groups is 2. The van der Waals surface area contributed by atoms with E-state index in [1.54, 1.807) is 0 Å². The molecule has 0 aliphatic carbocycles. The zero-order valence-corrected chi connectivity index (χ0v) is 11.3. The number of H-pyrrole nitrogens is 1. The maximum Gasteiger partial charge on any atom is 0.329 e. The summed E-state index contributed by atoms with van der Waals surface area (Å²) in [5.41, 5.74) is -1.49. The van der Waals surface area contributed by atoms with Gasteiger partial charge in [-0.15, -0.1) is 0 Å². The Kier molecular flexibility index (Phi) is 3.87. The van der Waals surface area contributed by atoms with Crippen LogP contribution in [0.2, 0.25) is 0 Å². The van der Waals surface area contributed by atoms with Gasteiger partial charge in [0.05, 0.1) is 0 Å². The Morgan fingerprint density at radius 2 is 2.25 bits per heavy atom. The molecule has 2 heterocycles. The molecule has 2 N–H and O–H groups in total. The zero-order valence-electron chi connectivity index (χ0n) is 11.3. The quantitative estimate of drug-likeness (QED) is 0.841. The fourth-order valence-electron chi connectivity index (χ4n) is 2.78. The number of aromatic nitrogens is 2. The Hall–Kier alpha value is -2.18. The maximum atomic E-state index is 12.4. The van der Waals surface area contributed by atoms with Crippen molar-refractivity contribution in [2.45, 2.75) is 38.1 Å². The lowest BCUT2D eigenvalue weighted by Gasteiger charge is -2.34. The number of carbonyl (C=O) groups excluding carboxylic acids is 1. The zero-order chi connectivity index (χ0) is 14.8. The average molecular weight is 279 g/mol. The number of carboxylic acids is 1.